The van der Waals surface area contributed by atoms with Gasteiger partial charge in [-0.05, 0) is 24.6 Å². The molecule has 0 saturated carbocycles. The Morgan fingerprint density at radius 1 is 1.13 bits per heavy atom. The lowest BCUT2D eigenvalue weighted by Crippen LogP contribution is -2.23. The molecule has 2 heterocycles. The topological polar surface area (TPSA) is 57.8 Å². The number of aromatic nitrogens is 2. The van der Waals surface area contributed by atoms with Crippen molar-refractivity contribution >= 4 is 16.8 Å². The maximum atomic E-state index is 10.7. The highest BCUT2D eigenvalue weighted by Gasteiger charge is 2.03. The van der Waals surface area contributed by atoms with E-state index in [1.165, 1.54) is 6.92 Å². The predicted octanol–water partition coefficient (Wildman–Crippen LogP) is 4.47. The van der Waals surface area contributed by atoms with Crippen molar-refractivity contribution < 1.29 is 4.79 Å². The summed E-state index contributed by atoms with van der Waals surface area (Å²) in [7, 11) is 0. The summed E-state index contributed by atoms with van der Waals surface area (Å²) >= 11 is 0. The van der Waals surface area contributed by atoms with Crippen LogP contribution in [-0.4, -0.2) is 15.9 Å². The summed E-state index contributed by atoms with van der Waals surface area (Å²) in [4.78, 5) is 17.8. The predicted molar refractivity (Wildman–Crippen MR) is 96.1 cm³/mol. The van der Waals surface area contributed by atoms with Crippen LogP contribution < -0.4 is 5.32 Å². The molecule has 1 atom stereocenters. The van der Waals surface area contributed by atoms with Crippen LogP contribution in [0, 0.1) is 0 Å². The Kier molecular flexibility index (Phi) is 8.14. The normalized spacial score (nSPS) is 10.6. The van der Waals surface area contributed by atoms with Gasteiger partial charge in [-0.3, -0.25) is 9.78 Å². The third-order valence-corrected chi connectivity index (χ3v) is 3.07. The third kappa shape index (κ3) is 6.34. The Morgan fingerprint density at radius 3 is 2.43 bits per heavy atom. The molecule has 0 fully saturated rings. The van der Waals surface area contributed by atoms with Crippen LogP contribution in [0.25, 0.3) is 10.9 Å². The second-order valence-electron chi connectivity index (χ2n) is 4.77. The van der Waals surface area contributed by atoms with Crippen molar-refractivity contribution in [2.45, 2.75) is 33.7 Å². The van der Waals surface area contributed by atoms with E-state index in [9.17, 15) is 4.79 Å². The first kappa shape index (κ1) is 18.4. The second-order valence-corrected chi connectivity index (χ2v) is 4.77. The minimum absolute atomic E-state index is 0.00588. The van der Waals surface area contributed by atoms with Gasteiger partial charge in [0.05, 0.1) is 6.04 Å². The van der Waals surface area contributed by atoms with Crippen molar-refractivity contribution in [2.24, 2.45) is 0 Å². The molecule has 1 aromatic carbocycles. The molecule has 0 aliphatic carbocycles. The fourth-order valence-electron chi connectivity index (χ4n) is 2.02. The number of fused-ring (bicyclic) bond motifs is 1. The number of hydrogen-bond acceptors (Lipinski definition) is 2. The number of carbonyl (C=O) groups is 1. The van der Waals surface area contributed by atoms with Crippen LogP contribution in [0.2, 0.25) is 0 Å². The zero-order valence-electron chi connectivity index (χ0n) is 14.2. The van der Waals surface area contributed by atoms with E-state index in [0.29, 0.717) is 0 Å². The van der Waals surface area contributed by atoms with Gasteiger partial charge in [-0.15, -0.1) is 0 Å². The Labute approximate surface area is 138 Å². The van der Waals surface area contributed by atoms with Crippen molar-refractivity contribution in [1.29, 1.82) is 0 Å². The van der Waals surface area contributed by atoms with Crippen LogP contribution in [0.5, 0.6) is 0 Å². The van der Waals surface area contributed by atoms with Gasteiger partial charge in [-0.2, -0.15) is 0 Å². The molecule has 1 amide bonds. The van der Waals surface area contributed by atoms with Gasteiger partial charge in [0.2, 0.25) is 5.91 Å². The van der Waals surface area contributed by atoms with Gasteiger partial charge < -0.3 is 10.3 Å². The monoisotopic (exact) mass is 311 g/mol. The van der Waals surface area contributed by atoms with Crippen LogP contribution in [0.15, 0.2) is 61.1 Å². The molecule has 4 heteroatoms. The molecule has 4 nitrogen and oxygen atoms in total. The molecule has 23 heavy (non-hydrogen) atoms. The van der Waals surface area contributed by atoms with Crippen LogP contribution in [0.1, 0.15) is 39.3 Å². The number of nitrogens with one attached hydrogen (secondary N) is 2. The van der Waals surface area contributed by atoms with Gasteiger partial charge in [-0.25, -0.2) is 0 Å². The number of benzene rings is 1. The SMILES string of the molecule is CC.CC(=O)NC(C)c1ccccc1.c1cc2[nH]ccc2cn1. The van der Waals surface area contributed by atoms with Crippen molar-refractivity contribution in [3.8, 4) is 0 Å². The highest BCUT2D eigenvalue weighted by Crippen LogP contribution is 2.10. The van der Waals surface area contributed by atoms with E-state index >= 15 is 0 Å². The van der Waals surface area contributed by atoms with E-state index in [2.05, 4.69) is 15.3 Å². The highest BCUT2D eigenvalue weighted by molar-refractivity contribution is 5.77. The zero-order valence-corrected chi connectivity index (χ0v) is 14.2. The first-order valence-electron chi connectivity index (χ1n) is 7.86. The fraction of sp³-hybridized carbons (Fsp3) is 0.263. The number of amides is 1. The summed E-state index contributed by atoms with van der Waals surface area (Å²) in [5.41, 5.74) is 2.28. The van der Waals surface area contributed by atoms with E-state index in [4.69, 9.17) is 0 Å². The Balaban J connectivity index is 0.000000213. The summed E-state index contributed by atoms with van der Waals surface area (Å²) in [5.74, 6) is 0.00588. The largest absolute Gasteiger partial charge is 0.361 e. The lowest BCUT2D eigenvalue weighted by Gasteiger charge is -2.11. The smallest absolute Gasteiger partial charge is 0.217 e. The van der Waals surface area contributed by atoms with Gasteiger partial charge in [0.1, 0.15) is 0 Å². The second kappa shape index (κ2) is 10.2. The number of hydrogen-bond donors (Lipinski definition) is 2. The van der Waals surface area contributed by atoms with E-state index in [1.807, 2.05) is 75.6 Å². The quantitative estimate of drug-likeness (QED) is 0.733. The summed E-state index contributed by atoms with van der Waals surface area (Å²) in [6.07, 6.45) is 5.52. The molecule has 0 aliphatic rings. The Morgan fingerprint density at radius 2 is 1.83 bits per heavy atom. The number of carbonyl (C=O) groups excluding carboxylic acids is 1. The summed E-state index contributed by atoms with van der Waals surface area (Å²) in [6, 6.07) is 14.0. The average Bonchev–Trinajstić information content (AvgIpc) is 3.06. The van der Waals surface area contributed by atoms with E-state index < -0.39 is 0 Å². The number of nitrogens with zero attached hydrogens (tertiary/aromatic N) is 1. The number of H-pyrrole nitrogens is 1. The maximum absolute atomic E-state index is 10.7. The van der Waals surface area contributed by atoms with Gasteiger partial charge >= 0.3 is 0 Å². The maximum Gasteiger partial charge on any atom is 0.217 e. The van der Waals surface area contributed by atoms with Gasteiger partial charge in [0.25, 0.3) is 0 Å². The van der Waals surface area contributed by atoms with Gasteiger partial charge in [0.15, 0.2) is 0 Å². The summed E-state index contributed by atoms with van der Waals surface area (Å²) in [5, 5.41) is 3.98. The first-order chi connectivity index (χ1) is 11.2. The molecule has 2 aromatic heterocycles. The lowest BCUT2D eigenvalue weighted by atomic mass is 10.1. The molecule has 3 aromatic rings. The molecule has 0 spiro atoms. The first-order valence-corrected chi connectivity index (χ1v) is 7.86. The number of rotatable bonds is 2. The van der Waals surface area contributed by atoms with Crippen LogP contribution >= 0.6 is 0 Å². The van der Waals surface area contributed by atoms with Crippen LogP contribution in [0.4, 0.5) is 0 Å². The number of aromatic amines is 1. The molecule has 0 aliphatic heterocycles. The summed E-state index contributed by atoms with van der Waals surface area (Å²) < 4.78 is 0. The van der Waals surface area contributed by atoms with E-state index in [-0.39, 0.29) is 11.9 Å². The molecule has 2 N–H and O–H groups in total. The average molecular weight is 311 g/mol. The van der Waals surface area contributed by atoms with Crippen molar-refractivity contribution in [2.75, 3.05) is 0 Å². The molecule has 0 bridgehead atoms. The molecular weight excluding hydrogens is 286 g/mol. The Hall–Kier alpha value is -2.62. The van der Waals surface area contributed by atoms with E-state index in [1.54, 1.807) is 6.20 Å². The lowest BCUT2D eigenvalue weighted by molar-refractivity contribution is -0.119. The molecule has 3 rings (SSSR count). The molecule has 1 unspecified atom stereocenters. The Bertz CT molecular complexity index is 662. The van der Waals surface area contributed by atoms with E-state index in [0.717, 1.165) is 16.5 Å². The van der Waals surface area contributed by atoms with Crippen molar-refractivity contribution in [3.05, 3.63) is 66.6 Å². The standard InChI is InChI=1S/C10H13NO.C7H6N2.C2H6/c1-8(11-9(2)12)10-6-4-3-5-7-10;1-4-9-7-2-3-8-5-6(1)7;1-2/h3-8H,1-2H3,(H,11,12);1-5,9H;1-2H3. The summed E-state index contributed by atoms with van der Waals surface area (Å²) in [6.45, 7) is 7.50. The third-order valence-electron chi connectivity index (χ3n) is 3.07. The van der Waals surface area contributed by atoms with Crippen LogP contribution in [0.3, 0.4) is 0 Å². The minimum atomic E-state index is 0.00588. The van der Waals surface area contributed by atoms with Crippen molar-refractivity contribution in [1.82, 2.24) is 15.3 Å². The van der Waals surface area contributed by atoms with Crippen molar-refractivity contribution in [3.63, 3.8) is 0 Å². The molecule has 122 valence electrons. The minimum Gasteiger partial charge on any atom is -0.361 e. The highest BCUT2D eigenvalue weighted by atomic mass is 16.1. The fourth-order valence-corrected chi connectivity index (χ4v) is 2.02. The molecule has 0 radical (unpaired) electrons. The molecule has 0 saturated heterocycles. The van der Waals surface area contributed by atoms with Gasteiger partial charge in [0, 0.05) is 36.4 Å². The molecular formula is C19H25N3O. The zero-order chi connectivity index (χ0) is 17.1. The van der Waals surface area contributed by atoms with Gasteiger partial charge in [-0.1, -0.05) is 44.2 Å². The van der Waals surface area contributed by atoms with Crippen LogP contribution in [-0.2, 0) is 4.79 Å². The number of pyridine rings is 1.